The molecule has 0 radical (unpaired) electrons. The maximum Gasteiger partial charge on any atom is 0.134 e. The van der Waals surface area contributed by atoms with Crippen molar-refractivity contribution in [3.05, 3.63) is 71.8 Å². The number of hydrogen-bond donors (Lipinski definition) is 4. The number of aliphatic hydroxyl groups excluding tert-OH is 2. The molecule has 0 aromatic heterocycles. The minimum absolute atomic E-state index is 0.173. The van der Waals surface area contributed by atoms with E-state index < -0.39 is 41.0 Å². The standard InChI is InChI=1S/C26H32O6/c27-20-21(31-16-18-10-4-1-5-11-18)22(28)25(29)24(14-8-3-9-15-24)26(25,30)23(20)32-17-19-12-6-2-7-13-19/h1-2,4-7,10-13,20-23,27-30H,3,8-9,14-17H2/t20-,21-,22+,23+,25+,26-/m1/s1. The molecule has 3 saturated carbocycles. The third-order valence-corrected chi connectivity index (χ3v) is 8.04. The molecule has 6 atom stereocenters. The molecule has 0 unspecified atom stereocenters. The van der Waals surface area contributed by atoms with Crippen molar-refractivity contribution in [1.82, 2.24) is 0 Å². The molecule has 3 aliphatic rings. The third-order valence-electron chi connectivity index (χ3n) is 8.04. The molecular formula is C26H32O6. The molecule has 1 spiro atoms. The number of ether oxygens (including phenoxy) is 2. The molecule has 2 aromatic carbocycles. The van der Waals surface area contributed by atoms with E-state index in [4.69, 9.17) is 9.47 Å². The third kappa shape index (κ3) is 3.01. The van der Waals surface area contributed by atoms with Crippen molar-refractivity contribution in [1.29, 1.82) is 0 Å². The molecule has 172 valence electrons. The zero-order chi connectivity index (χ0) is 22.4. The number of aliphatic hydroxyl groups is 4. The van der Waals surface area contributed by atoms with Gasteiger partial charge in [-0.2, -0.15) is 0 Å². The van der Waals surface area contributed by atoms with Crippen LogP contribution in [-0.4, -0.2) is 56.0 Å². The Hall–Kier alpha value is -1.80. The van der Waals surface area contributed by atoms with E-state index in [-0.39, 0.29) is 13.2 Å². The smallest absolute Gasteiger partial charge is 0.134 e. The first-order valence-corrected chi connectivity index (χ1v) is 11.6. The van der Waals surface area contributed by atoms with Gasteiger partial charge in [-0.1, -0.05) is 79.9 Å². The maximum atomic E-state index is 11.8. The highest BCUT2D eigenvalue weighted by molar-refractivity contribution is 5.44. The summed E-state index contributed by atoms with van der Waals surface area (Å²) in [7, 11) is 0. The van der Waals surface area contributed by atoms with Crippen LogP contribution < -0.4 is 0 Å². The van der Waals surface area contributed by atoms with Crippen molar-refractivity contribution >= 4 is 0 Å². The van der Waals surface area contributed by atoms with Gasteiger partial charge in [0.1, 0.15) is 35.6 Å². The molecule has 3 fully saturated rings. The molecule has 0 bridgehead atoms. The van der Waals surface area contributed by atoms with Gasteiger partial charge >= 0.3 is 0 Å². The van der Waals surface area contributed by atoms with E-state index in [1.165, 1.54) is 0 Å². The van der Waals surface area contributed by atoms with Crippen molar-refractivity contribution in [3.63, 3.8) is 0 Å². The van der Waals surface area contributed by atoms with Crippen LogP contribution in [0.2, 0.25) is 0 Å². The van der Waals surface area contributed by atoms with E-state index in [0.29, 0.717) is 12.8 Å². The van der Waals surface area contributed by atoms with Crippen LogP contribution in [0, 0.1) is 5.41 Å². The van der Waals surface area contributed by atoms with Gasteiger partial charge in [-0.3, -0.25) is 0 Å². The molecule has 5 rings (SSSR count). The molecule has 4 N–H and O–H groups in total. The predicted molar refractivity (Wildman–Crippen MR) is 117 cm³/mol. The zero-order valence-corrected chi connectivity index (χ0v) is 18.1. The van der Waals surface area contributed by atoms with Crippen LogP contribution in [0.15, 0.2) is 60.7 Å². The van der Waals surface area contributed by atoms with Crippen LogP contribution in [0.25, 0.3) is 0 Å². The summed E-state index contributed by atoms with van der Waals surface area (Å²) in [5, 5.41) is 46.0. The highest BCUT2D eigenvalue weighted by Crippen LogP contribution is 2.76. The van der Waals surface area contributed by atoms with E-state index in [0.717, 1.165) is 30.4 Å². The van der Waals surface area contributed by atoms with Gasteiger partial charge in [0.2, 0.25) is 0 Å². The van der Waals surface area contributed by atoms with Crippen LogP contribution in [0.3, 0.4) is 0 Å². The second kappa shape index (κ2) is 8.20. The number of rotatable bonds is 6. The molecule has 3 aliphatic carbocycles. The fourth-order valence-electron chi connectivity index (χ4n) is 6.41. The summed E-state index contributed by atoms with van der Waals surface area (Å²) in [6.45, 7) is 0.352. The minimum Gasteiger partial charge on any atom is -0.387 e. The molecule has 32 heavy (non-hydrogen) atoms. The average molecular weight is 441 g/mol. The van der Waals surface area contributed by atoms with Crippen LogP contribution in [0.1, 0.15) is 43.2 Å². The monoisotopic (exact) mass is 440 g/mol. The molecule has 6 nitrogen and oxygen atoms in total. The van der Waals surface area contributed by atoms with Gasteiger partial charge in [-0.25, -0.2) is 0 Å². The molecule has 0 heterocycles. The molecule has 0 saturated heterocycles. The number of benzene rings is 2. The number of hydrogen-bond acceptors (Lipinski definition) is 6. The Morgan fingerprint density at radius 2 is 1.25 bits per heavy atom. The topological polar surface area (TPSA) is 99.4 Å². The van der Waals surface area contributed by atoms with E-state index in [2.05, 4.69) is 0 Å². The van der Waals surface area contributed by atoms with Gasteiger partial charge in [0, 0.05) is 5.41 Å². The molecule has 2 aromatic rings. The normalized spacial score (nSPS) is 37.8. The molecule has 6 heteroatoms. The van der Waals surface area contributed by atoms with Crippen molar-refractivity contribution in [3.8, 4) is 0 Å². The Morgan fingerprint density at radius 3 is 1.81 bits per heavy atom. The Labute approximate surface area is 188 Å². The minimum atomic E-state index is -1.78. The summed E-state index contributed by atoms with van der Waals surface area (Å²) >= 11 is 0. The van der Waals surface area contributed by atoms with Crippen LogP contribution >= 0.6 is 0 Å². The Bertz CT molecular complexity index is 914. The van der Waals surface area contributed by atoms with Crippen LogP contribution in [-0.2, 0) is 22.7 Å². The second-order valence-electron chi connectivity index (χ2n) is 9.59. The summed E-state index contributed by atoms with van der Waals surface area (Å²) in [6.07, 6.45) is -0.957. The van der Waals surface area contributed by atoms with Crippen molar-refractivity contribution in [2.24, 2.45) is 5.41 Å². The highest BCUT2D eigenvalue weighted by atomic mass is 16.6. The Morgan fingerprint density at radius 1 is 0.719 bits per heavy atom. The van der Waals surface area contributed by atoms with Crippen LogP contribution in [0.5, 0.6) is 0 Å². The lowest BCUT2D eigenvalue weighted by molar-refractivity contribution is -0.250. The van der Waals surface area contributed by atoms with Crippen molar-refractivity contribution in [2.45, 2.75) is 80.9 Å². The van der Waals surface area contributed by atoms with Gasteiger partial charge in [-0.15, -0.1) is 0 Å². The quantitative estimate of drug-likeness (QED) is 0.550. The van der Waals surface area contributed by atoms with Crippen molar-refractivity contribution in [2.75, 3.05) is 0 Å². The first-order valence-electron chi connectivity index (χ1n) is 11.6. The van der Waals surface area contributed by atoms with Gasteiger partial charge in [0.15, 0.2) is 0 Å². The lowest BCUT2D eigenvalue weighted by Gasteiger charge is -2.42. The van der Waals surface area contributed by atoms with E-state index >= 15 is 0 Å². The average Bonchev–Trinajstić information content (AvgIpc) is 3.24. The van der Waals surface area contributed by atoms with Gasteiger partial charge < -0.3 is 29.9 Å². The second-order valence-corrected chi connectivity index (χ2v) is 9.59. The summed E-state index contributed by atoms with van der Waals surface area (Å²) in [5.41, 5.74) is -2.60. The zero-order valence-electron chi connectivity index (χ0n) is 18.1. The van der Waals surface area contributed by atoms with E-state index in [1.54, 1.807) is 0 Å². The fourth-order valence-corrected chi connectivity index (χ4v) is 6.41. The summed E-state index contributed by atoms with van der Waals surface area (Å²) in [6, 6.07) is 19.0. The fraction of sp³-hybridized carbons (Fsp3) is 0.538. The SMILES string of the molecule is O[C@@H]1[C@@H](OCc2ccccc2)[C@H](O)[C@]2(O)C3(CCCCC3)[C@]2(O)[C@H]1OCc1ccccc1. The predicted octanol–water partition coefficient (Wildman–Crippen LogP) is 2.32. The lowest BCUT2D eigenvalue weighted by atomic mass is 9.81. The lowest BCUT2D eigenvalue weighted by Crippen LogP contribution is -2.64. The first kappa shape index (κ1) is 22.0. The van der Waals surface area contributed by atoms with E-state index in [9.17, 15) is 20.4 Å². The highest BCUT2D eigenvalue weighted by Gasteiger charge is 2.94. The van der Waals surface area contributed by atoms with E-state index in [1.807, 2.05) is 60.7 Å². The summed E-state index contributed by atoms with van der Waals surface area (Å²) in [5.74, 6) is 0. The largest absolute Gasteiger partial charge is 0.387 e. The first-order chi connectivity index (χ1) is 15.5. The van der Waals surface area contributed by atoms with Crippen molar-refractivity contribution < 1.29 is 29.9 Å². The van der Waals surface area contributed by atoms with Crippen LogP contribution in [0.4, 0.5) is 0 Å². The Balaban J connectivity index is 1.44. The number of fused-ring (bicyclic) bond motifs is 3. The summed E-state index contributed by atoms with van der Waals surface area (Å²) < 4.78 is 12.1. The summed E-state index contributed by atoms with van der Waals surface area (Å²) in [4.78, 5) is 0. The molecule has 0 amide bonds. The molecular weight excluding hydrogens is 408 g/mol. The van der Waals surface area contributed by atoms with Gasteiger partial charge in [-0.05, 0) is 24.0 Å². The van der Waals surface area contributed by atoms with Gasteiger partial charge in [0.05, 0.1) is 13.2 Å². The maximum absolute atomic E-state index is 11.8. The Kier molecular flexibility index (Phi) is 5.64. The molecule has 0 aliphatic heterocycles. The van der Waals surface area contributed by atoms with Gasteiger partial charge in [0.25, 0.3) is 0 Å².